The molecule has 5 nitrogen and oxygen atoms in total. The van der Waals surface area contributed by atoms with Crippen LogP contribution in [-0.4, -0.2) is 32.1 Å². The average molecular weight is 298 g/mol. The van der Waals surface area contributed by atoms with E-state index in [-0.39, 0.29) is 11.9 Å². The molecule has 3 rings (SSSR count). The third-order valence-electron chi connectivity index (χ3n) is 4.33. The van der Waals surface area contributed by atoms with Crippen LogP contribution in [0, 0.1) is 6.92 Å². The molecule has 0 saturated carbocycles. The third-order valence-corrected chi connectivity index (χ3v) is 4.33. The van der Waals surface area contributed by atoms with Crippen molar-refractivity contribution >= 4 is 5.91 Å². The Labute approximate surface area is 131 Å². The number of rotatable bonds is 2. The quantitative estimate of drug-likeness (QED) is 0.856. The van der Waals surface area contributed by atoms with Gasteiger partial charge in [-0.15, -0.1) is 0 Å². The van der Waals surface area contributed by atoms with E-state index in [4.69, 9.17) is 0 Å². The van der Waals surface area contributed by atoms with Gasteiger partial charge in [-0.05, 0) is 43.5 Å². The molecule has 1 atom stereocenters. The van der Waals surface area contributed by atoms with Gasteiger partial charge in [-0.2, -0.15) is 5.10 Å². The fourth-order valence-electron chi connectivity index (χ4n) is 3.24. The minimum atomic E-state index is 0.0758. The standard InChI is InChI=1S/C17H22N4O/c1-13-12-16(20(2)19-13)17(22)21-11-5-3-4-6-15(21)14-7-9-18-10-8-14/h7-10,12,15H,3-6,11H2,1-2H3/t15-/m1/s1. The Bertz CT molecular complexity index is 650. The molecule has 0 aliphatic carbocycles. The highest BCUT2D eigenvalue weighted by Crippen LogP contribution is 2.31. The van der Waals surface area contributed by atoms with Gasteiger partial charge in [-0.3, -0.25) is 14.5 Å². The van der Waals surface area contributed by atoms with E-state index in [1.165, 1.54) is 12.0 Å². The van der Waals surface area contributed by atoms with Crippen molar-refractivity contribution in [2.45, 2.75) is 38.6 Å². The highest BCUT2D eigenvalue weighted by molar-refractivity contribution is 5.93. The smallest absolute Gasteiger partial charge is 0.272 e. The van der Waals surface area contributed by atoms with Crippen molar-refractivity contribution in [2.24, 2.45) is 7.05 Å². The third kappa shape index (κ3) is 2.89. The number of pyridine rings is 1. The van der Waals surface area contributed by atoms with Crippen molar-refractivity contribution in [3.63, 3.8) is 0 Å². The van der Waals surface area contributed by atoms with Gasteiger partial charge < -0.3 is 4.90 Å². The highest BCUT2D eigenvalue weighted by atomic mass is 16.2. The van der Waals surface area contributed by atoms with E-state index in [1.54, 1.807) is 17.1 Å². The second-order valence-corrected chi connectivity index (χ2v) is 5.94. The predicted molar refractivity (Wildman–Crippen MR) is 84.4 cm³/mol. The van der Waals surface area contributed by atoms with Crippen molar-refractivity contribution in [1.82, 2.24) is 19.7 Å². The summed E-state index contributed by atoms with van der Waals surface area (Å²) in [5.74, 6) is 0.0758. The Morgan fingerprint density at radius 3 is 2.68 bits per heavy atom. The second kappa shape index (κ2) is 6.30. The van der Waals surface area contributed by atoms with E-state index in [9.17, 15) is 4.79 Å². The van der Waals surface area contributed by atoms with E-state index in [0.29, 0.717) is 5.69 Å². The van der Waals surface area contributed by atoms with Gasteiger partial charge in [-0.1, -0.05) is 12.8 Å². The zero-order chi connectivity index (χ0) is 15.5. The number of amides is 1. The van der Waals surface area contributed by atoms with Gasteiger partial charge >= 0.3 is 0 Å². The van der Waals surface area contributed by atoms with Crippen molar-refractivity contribution in [2.75, 3.05) is 6.54 Å². The number of carbonyl (C=O) groups is 1. The molecule has 1 saturated heterocycles. The molecule has 1 fully saturated rings. The number of carbonyl (C=O) groups excluding carboxylic acids is 1. The van der Waals surface area contributed by atoms with Crippen LogP contribution in [0.5, 0.6) is 0 Å². The number of aryl methyl sites for hydroxylation is 2. The van der Waals surface area contributed by atoms with Crippen LogP contribution < -0.4 is 0 Å². The minimum absolute atomic E-state index is 0.0758. The molecule has 0 aromatic carbocycles. The summed E-state index contributed by atoms with van der Waals surface area (Å²) in [7, 11) is 1.83. The van der Waals surface area contributed by atoms with Crippen LogP contribution >= 0.6 is 0 Å². The fraction of sp³-hybridized carbons (Fsp3) is 0.471. The Kier molecular flexibility index (Phi) is 4.22. The molecular formula is C17H22N4O. The van der Waals surface area contributed by atoms with E-state index in [1.807, 2.05) is 37.1 Å². The molecule has 2 aromatic heterocycles. The summed E-state index contributed by atoms with van der Waals surface area (Å²) in [5, 5.41) is 4.31. The first-order valence-electron chi connectivity index (χ1n) is 7.88. The zero-order valence-electron chi connectivity index (χ0n) is 13.2. The summed E-state index contributed by atoms with van der Waals surface area (Å²) in [4.78, 5) is 19.1. The van der Waals surface area contributed by atoms with E-state index >= 15 is 0 Å². The van der Waals surface area contributed by atoms with Crippen LogP contribution in [0.4, 0.5) is 0 Å². The molecule has 2 aromatic rings. The second-order valence-electron chi connectivity index (χ2n) is 5.94. The van der Waals surface area contributed by atoms with Crippen molar-refractivity contribution in [3.05, 3.63) is 47.5 Å². The van der Waals surface area contributed by atoms with E-state index in [2.05, 4.69) is 10.1 Å². The van der Waals surface area contributed by atoms with Crippen LogP contribution in [0.2, 0.25) is 0 Å². The highest BCUT2D eigenvalue weighted by Gasteiger charge is 2.29. The zero-order valence-corrected chi connectivity index (χ0v) is 13.2. The molecule has 116 valence electrons. The maximum absolute atomic E-state index is 13.0. The molecule has 1 aliphatic rings. The summed E-state index contributed by atoms with van der Waals surface area (Å²) in [6, 6.07) is 6.04. The number of nitrogens with zero attached hydrogens (tertiary/aromatic N) is 4. The summed E-state index contributed by atoms with van der Waals surface area (Å²) in [6.45, 7) is 2.72. The van der Waals surface area contributed by atoms with Crippen LogP contribution in [-0.2, 0) is 7.05 Å². The molecule has 3 heterocycles. The SMILES string of the molecule is Cc1cc(C(=O)N2CCCCC[C@@H]2c2ccncc2)n(C)n1. The first-order valence-corrected chi connectivity index (χ1v) is 7.88. The predicted octanol–water partition coefficient (Wildman–Crippen LogP) is 2.88. The Balaban J connectivity index is 1.94. The molecule has 0 N–H and O–H groups in total. The van der Waals surface area contributed by atoms with Gasteiger partial charge in [0.25, 0.3) is 5.91 Å². The van der Waals surface area contributed by atoms with Gasteiger partial charge in [0.1, 0.15) is 5.69 Å². The molecule has 5 heteroatoms. The van der Waals surface area contributed by atoms with Crippen LogP contribution in [0.3, 0.4) is 0 Å². The van der Waals surface area contributed by atoms with Crippen molar-refractivity contribution in [3.8, 4) is 0 Å². The topological polar surface area (TPSA) is 51.0 Å². The van der Waals surface area contributed by atoms with E-state index < -0.39 is 0 Å². The maximum atomic E-state index is 13.0. The largest absolute Gasteiger partial charge is 0.330 e. The lowest BCUT2D eigenvalue weighted by molar-refractivity contribution is 0.0669. The molecule has 1 amide bonds. The number of aromatic nitrogens is 3. The molecule has 0 bridgehead atoms. The van der Waals surface area contributed by atoms with Gasteiger partial charge in [0, 0.05) is 26.0 Å². The Morgan fingerprint density at radius 2 is 2.00 bits per heavy atom. The summed E-state index contributed by atoms with van der Waals surface area (Å²) in [5.41, 5.74) is 2.71. The number of hydrogen-bond acceptors (Lipinski definition) is 3. The summed E-state index contributed by atoms with van der Waals surface area (Å²) in [6.07, 6.45) is 8.00. The Morgan fingerprint density at radius 1 is 1.23 bits per heavy atom. The lowest BCUT2D eigenvalue weighted by Crippen LogP contribution is -2.35. The van der Waals surface area contributed by atoms with Crippen LogP contribution in [0.25, 0.3) is 0 Å². The fourth-order valence-corrected chi connectivity index (χ4v) is 3.24. The molecule has 0 spiro atoms. The first-order chi connectivity index (χ1) is 10.7. The lowest BCUT2D eigenvalue weighted by atomic mass is 10.0. The maximum Gasteiger partial charge on any atom is 0.272 e. The summed E-state index contributed by atoms with van der Waals surface area (Å²) < 4.78 is 1.69. The number of likely N-dealkylation sites (tertiary alicyclic amines) is 1. The molecular weight excluding hydrogens is 276 g/mol. The van der Waals surface area contributed by atoms with Gasteiger partial charge in [0.15, 0.2) is 0 Å². The molecule has 22 heavy (non-hydrogen) atoms. The number of hydrogen-bond donors (Lipinski definition) is 0. The van der Waals surface area contributed by atoms with Crippen LogP contribution in [0.15, 0.2) is 30.6 Å². The van der Waals surface area contributed by atoms with E-state index in [0.717, 1.165) is 31.5 Å². The van der Waals surface area contributed by atoms with Crippen molar-refractivity contribution < 1.29 is 4.79 Å². The first kappa shape index (κ1) is 14.8. The van der Waals surface area contributed by atoms with Gasteiger partial charge in [0.2, 0.25) is 0 Å². The van der Waals surface area contributed by atoms with Crippen LogP contribution in [0.1, 0.15) is 53.5 Å². The average Bonchev–Trinajstić information content (AvgIpc) is 2.74. The minimum Gasteiger partial charge on any atom is -0.330 e. The van der Waals surface area contributed by atoms with Crippen molar-refractivity contribution in [1.29, 1.82) is 0 Å². The van der Waals surface area contributed by atoms with Gasteiger partial charge in [0.05, 0.1) is 11.7 Å². The molecule has 0 radical (unpaired) electrons. The molecule has 0 unspecified atom stereocenters. The lowest BCUT2D eigenvalue weighted by Gasteiger charge is -2.30. The Hall–Kier alpha value is -2.17. The summed E-state index contributed by atoms with van der Waals surface area (Å²) >= 11 is 0. The van der Waals surface area contributed by atoms with Gasteiger partial charge in [-0.25, -0.2) is 0 Å². The normalized spacial score (nSPS) is 19.0. The molecule has 1 aliphatic heterocycles. The monoisotopic (exact) mass is 298 g/mol.